The molecule has 1 saturated heterocycles. The molecule has 1 heterocycles. The van der Waals surface area contributed by atoms with E-state index in [2.05, 4.69) is 6.58 Å². The minimum Gasteiger partial charge on any atom is -0.463 e. The standard InChI is InChI=1S/C22H28O6/c1-5-18(26-16(4)23)11-12-19-13-20(14-21(24)25-15(2)3)28-22(27-19)17-9-7-6-8-10-17/h5-12,15,18-20,22H,1,13-14H2,2-4H3/b12-11+/t18?,19-,20-,22?/m1/s1. The largest absolute Gasteiger partial charge is 0.463 e. The van der Waals surface area contributed by atoms with E-state index < -0.39 is 12.4 Å². The molecule has 0 amide bonds. The van der Waals surface area contributed by atoms with Gasteiger partial charge in [-0.1, -0.05) is 43.0 Å². The van der Waals surface area contributed by atoms with Crippen molar-refractivity contribution in [1.29, 1.82) is 0 Å². The topological polar surface area (TPSA) is 71.1 Å². The Bertz CT molecular complexity index is 682. The molecule has 6 nitrogen and oxygen atoms in total. The number of benzene rings is 1. The number of hydrogen-bond acceptors (Lipinski definition) is 6. The highest BCUT2D eigenvalue weighted by Gasteiger charge is 2.31. The van der Waals surface area contributed by atoms with Gasteiger partial charge in [-0.15, -0.1) is 0 Å². The molecule has 0 spiro atoms. The molecule has 28 heavy (non-hydrogen) atoms. The number of carbonyl (C=O) groups is 2. The summed E-state index contributed by atoms with van der Waals surface area (Å²) in [7, 11) is 0. The van der Waals surface area contributed by atoms with Gasteiger partial charge < -0.3 is 18.9 Å². The Morgan fingerprint density at radius 2 is 1.93 bits per heavy atom. The molecular formula is C22H28O6. The van der Waals surface area contributed by atoms with Crippen LogP contribution < -0.4 is 0 Å². The Morgan fingerprint density at radius 3 is 2.54 bits per heavy atom. The van der Waals surface area contributed by atoms with Crippen molar-refractivity contribution in [2.24, 2.45) is 0 Å². The highest BCUT2D eigenvalue weighted by atomic mass is 16.7. The van der Waals surface area contributed by atoms with Gasteiger partial charge in [-0.25, -0.2) is 0 Å². The molecule has 0 aromatic heterocycles. The van der Waals surface area contributed by atoms with Crippen LogP contribution in [0.3, 0.4) is 0 Å². The molecule has 0 radical (unpaired) electrons. The zero-order valence-electron chi connectivity index (χ0n) is 16.6. The molecule has 6 heteroatoms. The molecule has 0 bridgehead atoms. The van der Waals surface area contributed by atoms with E-state index in [1.165, 1.54) is 13.0 Å². The van der Waals surface area contributed by atoms with Crippen molar-refractivity contribution >= 4 is 11.9 Å². The van der Waals surface area contributed by atoms with Gasteiger partial charge in [-0.05, 0) is 26.0 Å². The third-order valence-corrected chi connectivity index (χ3v) is 3.99. The molecule has 0 N–H and O–H groups in total. The predicted molar refractivity (Wildman–Crippen MR) is 104 cm³/mol. The fraction of sp³-hybridized carbons (Fsp3) is 0.455. The van der Waals surface area contributed by atoms with E-state index >= 15 is 0 Å². The van der Waals surface area contributed by atoms with Crippen LogP contribution in [0.15, 0.2) is 55.1 Å². The number of ether oxygens (including phenoxy) is 4. The maximum absolute atomic E-state index is 12.1. The summed E-state index contributed by atoms with van der Waals surface area (Å²) in [5.41, 5.74) is 0.864. The predicted octanol–water partition coefficient (Wildman–Crippen LogP) is 3.87. The lowest BCUT2D eigenvalue weighted by atomic mass is 10.0. The van der Waals surface area contributed by atoms with Crippen LogP contribution in [0.5, 0.6) is 0 Å². The molecule has 1 aliphatic heterocycles. The van der Waals surface area contributed by atoms with Gasteiger partial charge in [-0.2, -0.15) is 0 Å². The zero-order valence-corrected chi connectivity index (χ0v) is 16.6. The minimum absolute atomic E-state index is 0.143. The Balaban J connectivity index is 2.11. The SMILES string of the molecule is C=CC(/C=C/[C@@H]1C[C@H](CC(=O)OC(C)C)OC(c2ccccc2)O1)OC(C)=O. The van der Waals surface area contributed by atoms with Crippen LogP contribution in [-0.2, 0) is 28.5 Å². The molecule has 1 fully saturated rings. The van der Waals surface area contributed by atoms with Crippen molar-refractivity contribution in [3.05, 3.63) is 60.7 Å². The molecule has 2 rings (SSSR count). The molecule has 1 aliphatic rings. The van der Waals surface area contributed by atoms with E-state index in [1.807, 2.05) is 50.3 Å². The maximum atomic E-state index is 12.1. The molecule has 0 saturated carbocycles. The smallest absolute Gasteiger partial charge is 0.308 e. The Labute approximate surface area is 166 Å². The first-order valence-electron chi connectivity index (χ1n) is 9.40. The van der Waals surface area contributed by atoms with E-state index in [9.17, 15) is 9.59 Å². The monoisotopic (exact) mass is 388 g/mol. The Hall–Kier alpha value is -2.44. The van der Waals surface area contributed by atoms with Crippen LogP contribution in [0.4, 0.5) is 0 Å². The van der Waals surface area contributed by atoms with Gasteiger partial charge in [0.15, 0.2) is 6.29 Å². The second-order valence-corrected chi connectivity index (χ2v) is 6.85. The van der Waals surface area contributed by atoms with Crippen LogP contribution in [0.2, 0.25) is 0 Å². The van der Waals surface area contributed by atoms with Crippen LogP contribution >= 0.6 is 0 Å². The van der Waals surface area contributed by atoms with Crippen molar-refractivity contribution < 1.29 is 28.5 Å². The van der Waals surface area contributed by atoms with Gasteiger partial charge in [0.2, 0.25) is 0 Å². The van der Waals surface area contributed by atoms with Gasteiger partial charge in [0.1, 0.15) is 6.10 Å². The molecular weight excluding hydrogens is 360 g/mol. The van der Waals surface area contributed by atoms with Crippen LogP contribution in [-0.4, -0.2) is 36.4 Å². The van der Waals surface area contributed by atoms with Crippen molar-refractivity contribution in [1.82, 2.24) is 0 Å². The number of esters is 2. The van der Waals surface area contributed by atoms with E-state index in [4.69, 9.17) is 18.9 Å². The first kappa shape index (κ1) is 21.9. The summed E-state index contributed by atoms with van der Waals surface area (Å²) in [5.74, 6) is -0.695. The second-order valence-electron chi connectivity index (χ2n) is 6.85. The normalized spacial score (nSPS) is 23.4. The summed E-state index contributed by atoms with van der Waals surface area (Å²) < 4.78 is 22.4. The van der Waals surface area contributed by atoms with Gasteiger partial charge in [0.05, 0.1) is 24.7 Å². The molecule has 4 atom stereocenters. The van der Waals surface area contributed by atoms with Crippen molar-refractivity contribution in [3.8, 4) is 0 Å². The number of hydrogen-bond donors (Lipinski definition) is 0. The quantitative estimate of drug-likeness (QED) is 0.497. The van der Waals surface area contributed by atoms with Crippen molar-refractivity contribution in [2.45, 2.75) is 64.3 Å². The van der Waals surface area contributed by atoms with Gasteiger partial charge in [0, 0.05) is 18.9 Å². The fourth-order valence-electron chi connectivity index (χ4n) is 2.85. The molecule has 0 aliphatic carbocycles. The third kappa shape index (κ3) is 7.29. The average Bonchev–Trinajstić information content (AvgIpc) is 2.64. The number of rotatable bonds is 8. The maximum Gasteiger partial charge on any atom is 0.308 e. The summed E-state index contributed by atoms with van der Waals surface area (Å²) in [5, 5.41) is 0. The Morgan fingerprint density at radius 1 is 1.21 bits per heavy atom. The number of carbonyl (C=O) groups excluding carboxylic acids is 2. The van der Waals surface area contributed by atoms with Crippen LogP contribution in [0, 0.1) is 0 Å². The van der Waals surface area contributed by atoms with Crippen LogP contribution in [0.25, 0.3) is 0 Å². The first-order chi connectivity index (χ1) is 13.4. The summed E-state index contributed by atoms with van der Waals surface area (Å²) in [6, 6.07) is 9.53. The second kappa shape index (κ2) is 10.8. The first-order valence-corrected chi connectivity index (χ1v) is 9.40. The summed E-state index contributed by atoms with van der Waals surface area (Å²) in [4.78, 5) is 23.2. The lowest BCUT2D eigenvalue weighted by Crippen LogP contribution is -2.35. The molecule has 1 aromatic carbocycles. The zero-order chi connectivity index (χ0) is 20.5. The van der Waals surface area contributed by atoms with Gasteiger partial charge >= 0.3 is 11.9 Å². The molecule has 1 aromatic rings. The van der Waals surface area contributed by atoms with E-state index in [-0.39, 0.29) is 36.7 Å². The highest BCUT2D eigenvalue weighted by Crippen LogP contribution is 2.32. The minimum atomic E-state index is -0.600. The lowest BCUT2D eigenvalue weighted by molar-refractivity contribution is -0.239. The molecule has 152 valence electrons. The van der Waals surface area contributed by atoms with Gasteiger partial charge in [-0.3, -0.25) is 9.59 Å². The third-order valence-electron chi connectivity index (χ3n) is 3.99. The van der Waals surface area contributed by atoms with E-state index in [1.54, 1.807) is 6.08 Å². The summed E-state index contributed by atoms with van der Waals surface area (Å²) >= 11 is 0. The lowest BCUT2D eigenvalue weighted by Gasteiger charge is -2.34. The average molecular weight is 388 g/mol. The van der Waals surface area contributed by atoms with Crippen molar-refractivity contribution in [2.75, 3.05) is 0 Å². The van der Waals surface area contributed by atoms with E-state index in [0.29, 0.717) is 6.42 Å². The van der Waals surface area contributed by atoms with E-state index in [0.717, 1.165) is 5.56 Å². The molecule has 2 unspecified atom stereocenters. The van der Waals surface area contributed by atoms with Crippen molar-refractivity contribution in [3.63, 3.8) is 0 Å². The summed E-state index contributed by atoms with van der Waals surface area (Å²) in [6.45, 7) is 8.63. The Kier molecular flexibility index (Phi) is 8.42. The summed E-state index contributed by atoms with van der Waals surface area (Å²) in [6.07, 6.45) is 3.71. The highest BCUT2D eigenvalue weighted by molar-refractivity contribution is 5.70. The van der Waals surface area contributed by atoms with Gasteiger partial charge in [0.25, 0.3) is 0 Å². The van der Waals surface area contributed by atoms with Crippen LogP contribution in [0.1, 0.15) is 45.5 Å². The fourth-order valence-corrected chi connectivity index (χ4v) is 2.85.